The first kappa shape index (κ1) is 43.0. The van der Waals surface area contributed by atoms with Gasteiger partial charge >= 0.3 is 6.03 Å². The van der Waals surface area contributed by atoms with Gasteiger partial charge in [0.1, 0.15) is 11.1 Å². The van der Waals surface area contributed by atoms with Gasteiger partial charge in [0, 0.05) is 93.7 Å². The molecule has 4 aliphatic rings. The monoisotopic (exact) mass is 871 g/mol. The Hall–Kier alpha value is -6.70. The molecule has 17 heteroatoms. The number of hydrogen-bond donors (Lipinski definition) is 6. The Balaban J connectivity index is 0.726. The van der Waals surface area contributed by atoms with Crippen LogP contribution in [0.5, 0.6) is 0 Å². The van der Waals surface area contributed by atoms with Crippen LogP contribution >= 0.6 is 11.6 Å². The van der Waals surface area contributed by atoms with Gasteiger partial charge in [-0.3, -0.25) is 24.5 Å². The van der Waals surface area contributed by atoms with Crippen LogP contribution in [0.25, 0.3) is 0 Å². The summed E-state index contributed by atoms with van der Waals surface area (Å²) in [7, 11) is 1.58. The van der Waals surface area contributed by atoms with Gasteiger partial charge in [-0.25, -0.2) is 9.78 Å². The molecule has 1 atom stereocenters. The number of urea groups is 1. The van der Waals surface area contributed by atoms with E-state index in [4.69, 9.17) is 11.6 Å². The van der Waals surface area contributed by atoms with Crippen LogP contribution in [0.4, 0.5) is 33.6 Å². The number of nitrogens with one attached hydrogen (secondary N) is 6. The van der Waals surface area contributed by atoms with Crippen molar-refractivity contribution in [3.63, 3.8) is 0 Å². The van der Waals surface area contributed by atoms with Crippen molar-refractivity contribution in [1.82, 2.24) is 41.0 Å². The van der Waals surface area contributed by atoms with Crippen molar-refractivity contribution in [3.05, 3.63) is 100 Å². The molecule has 1 unspecified atom stereocenters. The summed E-state index contributed by atoms with van der Waals surface area (Å²) in [5.74, 6) is 6.03. The first-order valence-electron chi connectivity index (χ1n) is 21.4. The molecule has 3 aromatic carbocycles. The molecule has 6 amide bonds. The highest BCUT2D eigenvalue weighted by molar-refractivity contribution is 6.33. The number of piperidine rings is 1. The Kier molecular flexibility index (Phi) is 13.3. The van der Waals surface area contributed by atoms with E-state index in [-0.39, 0.29) is 36.2 Å². The lowest BCUT2D eigenvalue weighted by Gasteiger charge is -2.37. The topological polar surface area (TPSA) is 193 Å². The van der Waals surface area contributed by atoms with Gasteiger partial charge in [-0.1, -0.05) is 35.6 Å². The standard InChI is InChI=1S/C46H50ClN11O5/c1-48-42(60)36-7-2-3-8-38(36)53-41-37(47)27-50-45(55-41)51-32-14-16-34(17-15-32)56-22-24-57(25-23-56)46(63)52-33-12-10-31(11-13-33)49-21-5-4-6-29-9-18-35-30(26-29)28-58(44(35)62)39-19-20-40(59)54-43(39)61/h2-3,7-9,14-18,26-27,31,33,39,49H,5,10-13,19-25,28H2,1H3,(H,48,60)(H,52,63)(H,54,59,61)(H2,50,51,53,55)/t31-,33+,39?. The highest BCUT2D eigenvalue weighted by atomic mass is 35.5. The highest BCUT2D eigenvalue weighted by Gasteiger charge is 2.39. The zero-order chi connectivity index (χ0) is 43.9. The van der Waals surface area contributed by atoms with Crippen LogP contribution in [0.2, 0.25) is 5.02 Å². The third-order valence-corrected chi connectivity index (χ3v) is 12.2. The van der Waals surface area contributed by atoms with Crippen molar-refractivity contribution >= 4 is 70.1 Å². The summed E-state index contributed by atoms with van der Waals surface area (Å²) >= 11 is 6.40. The van der Waals surface area contributed by atoms with Gasteiger partial charge in [0.2, 0.25) is 17.8 Å². The molecule has 8 rings (SSSR count). The molecule has 63 heavy (non-hydrogen) atoms. The first-order valence-corrected chi connectivity index (χ1v) is 21.8. The van der Waals surface area contributed by atoms with Crippen molar-refractivity contribution in [2.45, 2.75) is 69.6 Å². The summed E-state index contributed by atoms with van der Waals surface area (Å²) in [6.45, 7) is 3.80. The summed E-state index contributed by atoms with van der Waals surface area (Å²) in [5.41, 5.74) is 5.14. The Morgan fingerprint density at radius 1 is 0.905 bits per heavy atom. The molecule has 1 aliphatic carbocycles. The van der Waals surface area contributed by atoms with Gasteiger partial charge in [0.25, 0.3) is 11.8 Å². The van der Waals surface area contributed by atoms with Crippen LogP contribution in [0.1, 0.15) is 76.8 Å². The number of anilines is 5. The summed E-state index contributed by atoms with van der Waals surface area (Å²) in [4.78, 5) is 77.0. The fourth-order valence-corrected chi connectivity index (χ4v) is 8.62. The SMILES string of the molecule is CNC(=O)c1ccccc1Nc1nc(Nc2ccc(N3CCN(C(=O)N[C@H]4CC[C@@H](NCCC#Cc5ccc6c(c5)CN(C5CCC(=O)NC5=O)C6=O)CC4)CC3)cc2)ncc1Cl. The van der Waals surface area contributed by atoms with Crippen LogP contribution in [0.3, 0.4) is 0 Å². The average molecular weight is 872 g/mol. The largest absolute Gasteiger partial charge is 0.368 e. The number of amides is 6. The lowest BCUT2D eigenvalue weighted by atomic mass is 9.91. The molecule has 326 valence electrons. The maximum absolute atomic E-state index is 13.2. The normalized spacial score (nSPS) is 19.7. The van der Waals surface area contributed by atoms with E-state index >= 15 is 0 Å². The summed E-state index contributed by atoms with van der Waals surface area (Å²) in [6, 6.07) is 20.5. The maximum Gasteiger partial charge on any atom is 0.317 e. The maximum atomic E-state index is 13.2. The number of imide groups is 1. The average Bonchev–Trinajstić information content (AvgIpc) is 3.62. The second-order valence-electron chi connectivity index (χ2n) is 16.1. The molecule has 1 saturated carbocycles. The molecule has 3 fully saturated rings. The van der Waals surface area contributed by atoms with E-state index in [9.17, 15) is 24.0 Å². The number of fused-ring (bicyclic) bond motifs is 1. The van der Waals surface area contributed by atoms with Gasteiger partial charge < -0.3 is 41.3 Å². The van der Waals surface area contributed by atoms with Crippen molar-refractivity contribution in [1.29, 1.82) is 0 Å². The minimum Gasteiger partial charge on any atom is -0.368 e. The molecular weight excluding hydrogens is 822 g/mol. The zero-order valence-electron chi connectivity index (χ0n) is 35.0. The van der Waals surface area contributed by atoms with E-state index in [1.54, 1.807) is 36.2 Å². The first-order chi connectivity index (χ1) is 30.6. The Labute approximate surface area is 370 Å². The van der Waals surface area contributed by atoms with E-state index in [1.165, 1.54) is 6.20 Å². The Morgan fingerprint density at radius 3 is 2.43 bits per heavy atom. The Bertz CT molecular complexity index is 2440. The van der Waals surface area contributed by atoms with Crippen molar-refractivity contribution in [2.75, 3.05) is 55.3 Å². The van der Waals surface area contributed by atoms with E-state index < -0.39 is 11.9 Å². The predicted molar refractivity (Wildman–Crippen MR) is 240 cm³/mol. The van der Waals surface area contributed by atoms with Crippen molar-refractivity contribution in [2.24, 2.45) is 0 Å². The Morgan fingerprint density at radius 2 is 1.67 bits per heavy atom. The summed E-state index contributed by atoms with van der Waals surface area (Å²) < 4.78 is 0. The van der Waals surface area contributed by atoms with Gasteiger partial charge in [-0.15, -0.1) is 0 Å². The highest BCUT2D eigenvalue weighted by Crippen LogP contribution is 2.30. The van der Waals surface area contributed by atoms with Crippen molar-refractivity contribution < 1.29 is 24.0 Å². The predicted octanol–water partition coefficient (Wildman–Crippen LogP) is 4.91. The number of carbonyl (C=O) groups excluding carboxylic acids is 5. The minimum absolute atomic E-state index is 0.00516. The van der Waals surface area contributed by atoms with Crippen LogP contribution in [-0.2, 0) is 16.1 Å². The molecule has 3 aliphatic heterocycles. The third kappa shape index (κ3) is 10.3. The number of nitrogens with zero attached hydrogens (tertiary/aromatic N) is 5. The molecule has 0 radical (unpaired) electrons. The number of rotatable bonds is 11. The van der Waals surface area contributed by atoms with E-state index in [0.717, 1.165) is 67.8 Å². The second-order valence-corrected chi connectivity index (χ2v) is 16.5. The quantitative estimate of drug-likeness (QED) is 0.0682. The molecule has 0 bridgehead atoms. The fraction of sp³-hybridized carbons (Fsp3) is 0.370. The molecule has 6 N–H and O–H groups in total. The zero-order valence-corrected chi connectivity index (χ0v) is 35.8. The van der Waals surface area contributed by atoms with Crippen LogP contribution in [0.15, 0.2) is 72.9 Å². The minimum atomic E-state index is -0.632. The third-order valence-electron chi connectivity index (χ3n) is 11.9. The molecule has 4 aromatic rings. The number of aromatic nitrogens is 2. The molecule has 2 saturated heterocycles. The van der Waals surface area contributed by atoms with Crippen LogP contribution < -0.4 is 36.8 Å². The van der Waals surface area contributed by atoms with Crippen molar-refractivity contribution in [3.8, 4) is 11.8 Å². The lowest BCUT2D eigenvalue weighted by Crippen LogP contribution is -2.54. The van der Waals surface area contributed by atoms with Crippen LogP contribution in [0, 0.1) is 11.8 Å². The number of benzene rings is 3. The molecule has 4 heterocycles. The van der Waals surface area contributed by atoms with Gasteiger partial charge in [-0.2, -0.15) is 4.98 Å². The number of carbonyl (C=O) groups is 5. The number of para-hydroxylation sites is 1. The fourth-order valence-electron chi connectivity index (χ4n) is 8.48. The van der Waals surface area contributed by atoms with Crippen LogP contribution in [-0.4, -0.2) is 107 Å². The summed E-state index contributed by atoms with van der Waals surface area (Å²) in [5, 5.41) is 18.6. The second kappa shape index (κ2) is 19.6. The van der Waals surface area contributed by atoms with E-state index in [2.05, 4.69) is 58.6 Å². The number of piperazine rings is 1. The molecular formula is C46H50ClN11O5. The van der Waals surface area contributed by atoms with E-state index in [1.807, 2.05) is 47.4 Å². The van der Waals surface area contributed by atoms with Gasteiger partial charge in [0.05, 0.1) is 17.4 Å². The van der Waals surface area contributed by atoms with Gasteiger partial charge in [0.15, 0.2) is 5.82 Å². The molecule has 0 spiro atoms. The number of halogens is 1. The van der Waals surface area contributed by atoms with Gasteiger partial charge in [-0.05, 0) is 92.3 Å². The summed E-state index contributed by atoms with van der Waals surface area (Å²) in [6.07, 6.45) is 6.55. The smallest absolute Gasteiger partial charge is 0.317 e. The molecule has 16 nitrogen and oxygen atoms in total. The molecule has 1 aromatic heterocycles. The van der Waals surface area contributed by atoms with E-state index in [0.29, 0.717) is 72.1 Å². The number of hydrogen-bond acceptors (Lipinski definition) is 11. The lowest BCUT2D eigenvalue weighted by molar-refractivity contribution is -0.136.